The van der Waals surface area contributed by atoms with Gasteiger partial charge in [0, 0.05) is 0 Å². The normalized spacial score (nSPS) is 13.6. The van der Waals surface area contributed by atoms with Crippen molar-refractivity contribution in [2.24, 2.45) is 5.92 Å². The first kappa shape index (κ1) is 13.7. The minimum atomic E-state index is 0.788. The highest BCUT2D eigenvalue weighted by Gasteiger charge is 1.96. The predicted molar refractivity (Wildman–Crippen MR) is 66.6 cm³/mol. The highest BCUT2D eigenvalue weighted by atomic mass is 14.0. The van der Waals surface area contributed by atoms with Gasteiger partial charge in [0.25, 0.3) is 0 Å². The van der Waals surface area contributed by atoms with E-state index in [0.29, 0.717) is 0 Å². The van der Waals surface area contributed by atoms with Crippen LogP contribution in [0.25, 0.3) is 0 Å². The Hall–Kier alpha value is -0.260. The van der Waals surface area contributed by atoms with Gasteiger partial charge in [0.1, 0.15) is 0 Å². The van der Waals surface area contributed by atoms with Crippen LogP contribution >= 0.6 is 0 Å². The average Bonchev–Trinajstić information content (AvgIpc) is 2.17. The summed E-state index contributed by atoms with van der Waals surface area (Å²) in [7, 11) is 0. The van der Waals surface area contributed by atoms with Gasteiger partial charge in [-0.1, -0.05) is 70.9 Å². The lowest BCUT2D eigenvalue weighted by Gasteiger charge is -2.05. The van der Waals surface area contributed by atoms with Crippen molar-refractivity contribution in [3.8, 4) is 0 Å². The van der Waals surface area contributed by atoms with E-state index in [1.54, 1.807) is 0 Å². The molecule has 0 fully saturated rings. The fourth-order valence-electron chi connectivity index (χ4n) is 1.85. The van der Waals surface area contributed by atoms with Crippen LogP contribution < -0.4 is 0 Å². The first-order valence-electron chi connectivity index (χ1n) is 6.44. The quantitative estimate of drug-likeness (QED) is 0.345. The monoisotopic (exact) mass is 196 g/mol. The second-order valence-electron chi connectivity index (χ2n) is 4.41. The Kier molecular flexibility index (Phi) is 10.6. The molecule has 0 aliphatic rings. The molecular weight excluding hydrogens is 168 g/mol. The van der Waals surface area contributed by atoms with Crippen LogP contribution in [0.4, 0.5) is 0 Å². The van der Waals surface area contributed by atoms with Gasteiger partial charge in [-0.25, -0.2) is 0 Å². The van der Waals surface area contributed by atoms with Crippen LogP contribution in [0.3, 0.4) is 0 Å². The zero-order valence-corrected chi connectivity index (χ0v) is 10.4. The van der Waals surface area contributed by atoms with Crippen molar-refractivity contribution in [3.63, 3.8) is 0 Å². The molecule has 0 nitrogen and oxygen atoms in total. The second-order valence-corrected chi connectivity index (χ2v) is 4.41. The molecule has 0 saturated heterocycles. The Bertz CT molecular complexity index is 124. The Labute approximate surface area is 90.8 Å². The van der Waals surface area contributed by atoms with E-state index in [0.717, 1.165) is 5.92 Å². The molecule has 0 heteroatoms. The average molecular weight is 196 g/mol. The molecule has 0 heterocycles. The molecule has 0 aliphatic heterocycles. The van der Waals surface area contributed by atoms with Crippen molar-refractivity contribution in [2.45, 2.75) is 72.1 Å². The Balaban J connectivity index is 3.05. The molecule has 1 atom stereocenters. The molecule has 0 aromatic heterocycles. The van der Waals surface area contributed by atoms with Crippen LogP contribution in [0.15, 0.2) is 12.2 Å². The maximum Gasteiger partial charge on any atom is -0.0262 e. The van der Waals surface area contributed by atoms with Gasteiger partial charge >= 0.3 is 0 Å². The van der Waals surface area contributed by atoms with Crippen molar-refractivity contribution in [1.29, 1.82) is 0 Å². The van der Waals surface area contributed by atoms with Gasteiger partial charge in [-0.05, 0) is 19.3 Å². The smallest absolute Gasteiger partial charge is 0.0262 e. The molecule has 0 spiro atoms. The fourth-order valence-corrected chi connectivity index (χ4v) is 1.85. The highest BCUT2D eigenvalue weighted by Crippen LogP contribution is 2.13. The predicted octanol–water partition coefficient (Wildman–Crippen LogP) is 5.34. The molecule has 1 unspecified atom stereocenters. The van der Waals surface area contributed by atoms with Crippen LogP contribution in [0.2, 0.25) is 0 Å². The number of hydrogen-bond acceptors (Lipinski definition) is 0. The summed E-state index contributed by atoms with van der Waals surface area (Å²) >= 11 is 0. The van der Waals surface area contributed by atoms with Crippen molar-refractivity contribution in [2.75, 3.05) is 0 Å². The van der Waals surface area contributed by atoms with Crippen molar-refractivity contribution in [1.82, 2.24) is 0 Å². The summed E-state index contributed by atoms with van der Waals surface area (Å²) in [5.74, 6) is 0.788. The van der Waals surface area contributed by atoms with E-state index in [9.17, 15) is 0 Å². The molecule has 0 aromatic rings. The van der Waals surface area contributed by atoms with Crippen molar-refractivity contribution < 1.29 is 0 Å². The third kappa shape index (κ3) is 9.83. The first-order chi connectivity index (χ1) is 6.81. The molecule has 0 amide bonds. The highest BCUT2D eigenvalue weighted by molar-refractivity contribution is 4.82. The molecule has 14 heavy (non-hydrogen) atoms. The van der Waals surface area contributed by atoms with Crippen LogP contribution in [-0.4, -0.2) is 0 Å². The molecular formula is C14H28. The third-order valence-corrected chi connectivity index (χ3v) is 2.78. The zero-order valence-electron chi connectivity index (χ0n) is 10.4. The lowest BCUT2D eigenvalue weighted by molar-refractivity contribution is 0.537. The number of hydrogen-bond donors (Lipinski definition) is 0. The molecule has 0 radical (unpaired) electrons. The molecule has 0 N–H and O–H groups in total. The van der Waals surface area contributed by atoms with Crippen LogP contribution in [-0.2, 0) is 0 Å². The fraction of sp³-hybridized carbons (Fsp3) is 0.857. The van der Waals surface area contributed by atoms with Gasteiger partial charge in [-0.2, -0.15) is 0 Å². The zero-order chi connectivity index (χ0) is 10.6. The lowest BCUT2D eigenvalue weighted by atomic mass is 10.0. The topological polar surface area (TPSA) is 0 Å². The Morgan fingerprint density at radius 2 is 1.50 bits per heavy atom. The first-order valence-corrected chi connectivity index (χ1v) is 6.44. The second kappa shape index (κ2) is 10.8. The molecule has 0 rings (SSSR count). The molecule has 84 valence electrons. The van der Waals surface area contributed by atoms with Crippen molar-refractivity contribution >= 4 is 0 Å². The standard InChI is InChI=1S/C14H28/c1-4-6-7-8-9-10-11-13-14(3)12-5-2/h5,12,14H,4,6-11,13H2,1-3H3/b12-5-. The molecule has 0 saturated carbocycles. The molecule has 0 bridgehead atoms. The summed E-state index contributed by atoms with van der Waals surface area (Å²) in [5, 5.41) is 0. The summed E-state index contributed by atoms with van der Waals surface area (Å²) in [6.07, 6.45) is 15.8. The van der Waals surface area contributed by atoms with Crippen LogP contribution in [0.1, 0.15) is 72.1 Å². The van der Waals surface area contributed by atoms with Crippen LogP contribution in [0.5, 0.6) is 0 Å². The van der Waals surface area contributed by atoms with Gasteiger partial charge in [-0.3, -0.25) is 0 Å². The third-order valence-electron chi connectivity index (χ3n) is 2.78. The summed E-state index contributed by atoms with van der Waals surface area (Å²) in [6.45, 7) is 6.71. The van der Waals surface area contributed by atoms with Gasteiger partial charge in [-0.15, -0.1) is 0 Å². The molecule has 0 aliphatic carbocycles. The van der Waals surface area contributed by atoms with E-state index in [1.807, 2.05) is 0 Å². The minimum Gasteiger partial charge on any atom is -0.0914 e. The maximum atomic E-state index is 2.32. The van der Waals surface area contributed by atoms with Gasteiger partial charge < -0.3 is 0 Å². The SMILES string of the molecule is C/C=C\C(C)CCCCCCCCC. The summed E-state index contributed by atoms with van der Waals surface area (Å²) < 4.78 is 0. The Morgan fingerprint density at radius 1 is 0.929 bits per heavy atom. The maximum absolute atomic E-state index is 2.32. The summed E-state index contributed by atoms with van der Waals surface area (Å²) in [5.41, 5.74) is 0. The summed E-state index contributed by atoms with van der Waals surface area (Å²) in [6, 6.07) is 0. The van der Waals surface area contributed by atoms with Crippen LogP contribution in [0, 0.1) is 5.92 Å². The van der Waals surface area contributed by atoms with Crippen molar-refractivity contribution in [3.05, 3.63) is 12.2 Å². The van der Waals surface area contributed by atoms with E-state index in [4.69, 9.17) is 0 Å². The summed E-state index contributed by atoms with van der Waals surface area (Å²) in [4.78, 5) is 0. The lowest BCUT2D eigenvalue weighted by Crippen LogP contribution is -1.89. The number of unbranched alkanes of at least 4 members (excludes halogenated alkanes) is 6. The minimum absolute atomic E-state index is 0.788. The van der Waals surface area contributed by atoms with E-state index >= 15 is 0 Å². The largest absolute Gasteiger partial charge is 0.0914 e. The number of rotatable bonds is 9. The van der Waals surface area contributed by atoms with E-state index in [-0.39, 0.29) is 0 Å². The Morgan fingerprint density at radius 3 is 2.07 bits per heavy atom. The van der Waals surface area contributed by atoms with E-state index in [1.165, 1.54) is 51.4 Å². The van der Waals surface area contributed by atoms with Gasteiger partial charge in [0.2, 0.25) is 0 Å². The van der Waals surface area contributed by atoms with Gasteiger partial charge in [0.15, 0.2) is 0 Å². The molecule has 0 aromatic carbocycles. The van der Waals surface area contributed by atoms with Gasteiger partial charge in [0.05, 0.1) is 0 Å². The van der Waals surface area contributed by atoms with E-state index in [2.05, 4.69) is 32.9 Å². The number of allylic oxidation sites excluding steroid dienone is 2. The van der Waals surface area contributed by atoms with E-state index < -0.39 is 0 Å².